The standard InChI is InChI=1S/C14H20F2N2O/c1-2-10(8-9-17)6-7-13(19)18-12-5-3-4-11(15)14(12)16/h3-5,10H,2,6-9,17H2,1H3,(H,18,19). The van der Waals surface area contributed by atoms with E-state index in [9.17, 15) is 13.6 Å². The van der Waals surface area contributed by atoms with Gasteiger partial charge in [0.05, 0.1) is 5.69 Å². The molecule has 19 heavy (non-hydrogen) atoms. The van der Waals surface area contributed by atoms with E-state index in [1.165, 1.54) is 12.1 Å². The molecule has 0 spiro atoms. The summed E-state index contributed by atoms with van der Waals surface area (Å²) in [6.45, 7) is 2.64. The van der Waals surface area contributed by atoms with Crippen LogP contribution in [-0.4, -0.2) is 12.5 Å². The number of nitrogens with one attached hydrogen (secondary N) is 1. The van der Waals surface area contributed by atoms with Gasteiger partial charge in [-0.15, -0.1) is 0 Å². The topological polar surface area (TPSA) is 55.1 Å². The predicted octanol–water partition coefficient (Wildman–Crippen LogP) is 3.06. The Morgan fingerprint density at radius 2 is 2.11 bits per heavy atom. The molecule has 1 rings (SSSR count). The number of carbonyl (C=O) groups is 1. The van der Waals surface area contributed by atoms with Gasteiger partial charge in [-0.2, -0.15) is 0 Å². The number of hydrogen-bond acceptors (Lipinski definition) is 2. The summed E-state index contributed by atoms with van der Waals surface area (Å²) in [6.07, 6.45) is 2.82. The number of nitrogens with two attached hydrogens (primary N) is 1. The third-order valence-electron chi connectivity index (χ3n) is 3.16. The molecule has 0 saturated heterocycles. The molecule has 0 heterocycles. The average Bonchev–Trinajstić information content (AvgIpc) is 2.40. The van der Waals surface area contributed by atoms with E-state index in [2.05, 4.69) is 5.32 Å². The summed E-state index contributed by atoms with van der Waals surface area (Å²) in [5.41, 5.74) is 5.37. The van der Waals surface area contributed by atoms with Gasteiger partial charge in [-0.25, -0.2) is 8.78 Å². The molecule has 1 unspecified atom stereocenters. The van der Waals surface area contributed by atoms with E-state index in [0.717, 1.165) is 18.9 Å². The Morgan fingerprint density at radius 3 is 2.74 bits per heavy atom. The summed E-state index contributed by atoms with van der Waals surface area (Å²) in [5.74, 6) is -1.90. The summed E-state index contributed by atoms with van der Waals surface area (Å²) in [7, 11) is 0. The molecular weight excluding hydrogens is 250 g/mol. The van der Waals surface area contributed by atoms with Crippen molar-refractivity contribution >= 4 is 11.6 Å². The first-order valence-corrected chi connectivity index (χ1v) is 6.52. The van der Waals surface area contributed by atoms with Crippen molar-refractivity contribution in [1.82, 2.24) is 0 Å². The lowest BCUT2D eigenvalue weighted by atomic mass is 9.96. The first-order valence-electron chi connectivity index (χ1n) is 6.52. The van der Waals surface area contributed by atoms with Gasteiger partial charge in [0.1, 0.15) is 0 Å². The highest BCUT2D eigenvalue weighted by Crippen LogP contribution is 2.18. The zero-order valence-electron chi connectivity index (χ0n) is 11.1. The number of hydrogen-bond donors (Lipinski definition) is 2. The maximum absolute atomic E-state index is 13.3. The van der Waals surface area contributed by atoms with Gasteiger partial charge in [-0.3, -0.25) is 4.79 Å². The van der Waals surface area contributed by atoms with E-state index in [0.29, 0.717) is 18.9 Å². The molecule has 1 amide bonds. The van der Waals surface area contributed by atoms with Crippen LogP contribution in [0.25, 0.3) is 0 Å². The number of benzene rings is 1. The van der Waals surface area contributed by atoms with Crippen molar-refractivity contribution in [1.29, 1.82) is 0 Å². The molecule has 5 heteroatoms. The number of rotatable bonds is 7. The van der Waals surface area contributed by atoms with Crippen molar-refractivity contribution in [2.75, 3.05) is 11.9 Å². The highest BCUT2D eigenvalue weighted by molar-refractivity contribution is 5.90. The van der Waals surface area contributed by atoms with Crippen molar-refractivity contribution in [3.05, 3.63) is 29.8 Å². The van der Waals surface area contributed by atoms with Crippen LogP contribution in [-0.2, 0) is 4.79 Å². The highest BCUT2D eigenvalue weighted by Gasteiger charge is 2.12. The Morgan fingerprint density at radius 1 is 1.37 bits per heavy atom. The summed E-state index contributed by atoms with van der Waals surface area (Å²) in [6, 6.07) is 3.71. The van der Waals surface area contributed by atoms with E-state index in [1.807, 2.05) is 6.92 Å². The maximum atomic E-state index is 13.3. The Labute approximate surface area is 112 Å². The van der Waals surface area contributed by atoms with Crippen LogP contribution in [0, 0.1) is 17.6 Å². The molecule has 1 aromatic carbocycles. The summed E-state index contributed by atoms with van der Waals surface area (Å²) < 4.78 is 26.3. The van der Waals surface area contributed by atoms with E-state index < -0.39 is 11.6 Å². The quantitative estimate of drug-likeness (QED) is 0.800. The minimum Gasteiger partial charge on any atom is -0.330 e. The van der Waals surface area contributed by atoms with Gasteiger partial charge in [-0.05, 0) is 37.4 Å². The Kier molecular flexibility index (Phi) is 6.42. The van der Waals surface area contributed by atoms with Crippen LogP contribution in [0.3, 0.4) is 0 Å². The lowest BCUT2D eigenvalue weighted by molar-refractivity contribution is -0.116. The van der Waals surface area contributed by atoms with Crippen molar-refractivity contribution in [3.8, 4) is 0 Å². The second-order valence-corrected chi connectivity index (χ2v) is 4.54. The molecule has 0 aliphatic carbocycles. The molecule has 106 valence electrons. The molecule has 3 nitrogen and oxygen atoms in total. The second kappa shape index (κ2) is 7.84. The van der Waals surface area contributed by atoms with E-state index in [4.69, 9.17) is 5.73 Å². The Hall–Kier alpha value is -1.49. The fourth-order valence-electron chi connectivity index (χ4n) is 1.94. The fourth-order valence-corrected chi connectivity index (χ4v) is 1.94. The lowest BCUT2D eigenvalue weighted by Gasteiger charge is -2.13. The lowest BCUT2D eigenvalue weighted by Crippen LogP contribution is -2.16. The molecule has 0 aliphatic heterocycles. The van der Waals surface area contributed by atoms with Gasteiger partial charge in [0.25, 0.3) is 0 Å². The van der Waals surface area contributed by atoms with E-state index in [1.54, 1.807) is 0 Å². The molecule has 0 aromatic heterocycles. The van der Waals surface area contributed by atoms with Gasteiger partial charge in [0.2, 0.25) is 5.91 Å². The SMILES string of the molecule is CCC(CCN)CCC(=O)Nc1cccc(F)c1F. The molecule has 0 fully saturated rings. The number of halogens is 2. The summed E-state index contributed by atoms with van der Waals surface area (Å²) >= 11 is 0. The largest absolute Gasteiger partial charge is 0.330 e. The van der Waals surface area contributed by atoms with Gasteiger partial charge in [0, 0.05) is 6.42 Å². The molecule has 0 aliphatic rings. The smallest absolute Gasteiger partial charge is 0.224 e. The summed E-state index contributed by atoms with van der Waals surface area (Å²) in [5, 5.41) is 2.39. The molecular formula is C14H20F2N2O. The van der Waals surface area contributed by atoms with Crippen LogP contribution in [0.4, 0.5) is 14.5 Å². The van der Waals surface area contributed by atoms with Gasteiger partial charge in [-0.1, -0.05) is 19.4 Å². The maximum Gasteiger partial charge on any atom is 0.224 e. The highest BCUT2D eigenvalue weighted by atomic mass is 19.2. The molecule has 1 aromatic rings. The predicted molar refractivity (Wildman–Crippen MR) is 71.7 cm³/mol. The molecule has 0 bridgehead atoms. The van der Waals surface area contributed by atoms with Crippen LogP contribution >= 0.6 is 0 Å². The van der Waals surface area contributed by atoms with Crippen LogP contribution in [0.5, 0.6) is 0 Å². The Balaban J connectivity index is 2.49. The Bertz CT molecular complexity index is 424. The van der Waals surface area contributed by atoms with Crippen molar-refractivity contribution in [2.24, 2.45) is 11.7 Å². The minimum atomic E-state index is -1.02. The monoisotopic (exact) mass is 270 g/mol. The molecule has 1 atom stereocenters. The molecule has 3 N–H and O–H groups in total. The van der Waals surface area contributed by atoms with Crippen molar-refractivity contribution in [3.63, 3.8) is 0 Å². The van der Waals surface area contributed by atoms with Crippen LogP contribution in [0.1, 0.15) is 32.6 Å². The number of carbonyl (C=O) groups excluding carboxylic acids is 1. The van der Waals surface area contributed by atoms with E-state index in [-0.39, 0.29) is 18.0 Å². The minimum absolute atomic E-state index is 0.114. The first kappa shape index (κ1) is 15.6. The molecule has 0 saturated carbocycles. The van der Waals surface area contributed by atoms with Gasteiger partial charge < -0.3 is 11.1 Å². The number of anilines is 1. The first-order chi connectivity index (χ1) is 9.08. The van der Waals surface area contributed by atoms with Crippen LogP contribution in [0.2, 0.25) is 0 Å². The fraction of sp³-hybridized carbons (Fsp3) is 0.500. The zero-order valence-corrected chi connectivity index (χ0v) is 11.1. The zero-order chi connectivity index (χ0) is 14.3. The third kappa shape index (κ3) is 4.95. The van der Waals surface area contributed by atoms with Gasteiger partial charge >= 0.3 is 0 Å². The van der Waals surface area contributed by atoms with Crippen molar-refractivity contribution in [2.45, 2.75) is 32.6 Å². The van der Waals surface area contributed by atoms with Crippen LogP contribution in [0.15, 0.2) is 18.2 Å². The third-order valence-corrected chi connectivity index (χ3v) is 3.16. The van der Waals surface area contributed by atoms with Crippen molar-refractivity contribution < 1.29 is 13.6 Å². The second-order valence-electron chi connectivity index (χ2n) is 4.54. The normalized spacial score (nSPS) is 12.2. The van der Waals surface area contributed by atoms with Crippen LogP contribution < -0.4 is 11.1 Å². The van der Waals surface area contributed by atoms with E-state index >= 15 is 0 Å². The van der Waals surface area contributed by atoms with Gasteiger partial charge in [0.15, 0.2) is 11.6 Å². The molecule has 0 radical (unpaired) electrons. The summed E-state index contributed by atoms with van der Waals surface area (Å²) in [4.78, 5) is 11.7. The number of amides is 1. The average molecular weight is 270 g/mol.